The molecule has 1 aliphatic rings. The molecule has 3 unspecified atom stereocenters. The van der Waals surface area contributed by atoms with Crippen LogP contribution in [0.25, 0.3) is 0 Å². The molecule has 1 aliphatic heterocycles. The van der Waals surface area contributed by atoms with E-state index in [9.17, 15) is 5.11 Å². The lowest BCUT2D eigenvalue weighted by Crippen LogP contribution is -2.30. The molecule has 2 heteroatoms. The Morgan fingerprint density at radius 3 is 2.45 bits per heavy atom. The lowest BCUT2D eigenvalue weighted by atomic mass is 9.89. The zero-order valence-electron chi connectivity index (χ0n) is 7.58. The average Bonchev–Trinajstić information content (AvgIpc) is 2.33. The van der Waals surface area contributed by atoms with Crippen LogP contribution in [-0.4, -0.2) is 23.9 Å². The summed E-state index contributed by atoms with van der Waals surface area (Å²) in [5.41, 5.74) is 0. The summed E-state index contributed by atoms with van der Waals surface area (Å²) < 4.78 is 5.38. The van der Waals surface area contributed by atoms with E-state index >= 15 is 0 Å². The maximum atomic E-state index is 9.72. The molecule has 0 radical (unpaired) electrons. The second-order valence-corrected chi connectivity index (χ2v) is 3.76. The van der Waals surface area contributed by atoms with Gasteiger partial charge in [-0.15, -0.1) is 0 Å². The van der Waals surface area contributed by atoms with Crippen LogP contribution in [0.4, 0.5) is 0 Å². The molecule has 66 valence electrons. The first kappa shape index (κ1) is 9.01. The molecule has 0 aromatic heterocycles. The Hall–Kier alpha value is -0.0800. The molecule has 2 nitrogen and oxygen atoms in total. The molecule has 3 atom stereocenters. The zero-order valence-corrected chi connectivity index (χ0v) is 7.58. The summed E-state index contributed by atoms with van der Waals surface area (Å²) in [5, 5.41) is 9.72. The Morgan fingerprint density at radius 1 is 1.45 bits per heavy atom. The SMILES string of the molecule is CC(C)C(O)C1CCOC1C. The van der Waals surface area contributed by atoms with E-state index in [4.69, 9.17) is 4.74 Å². The summed E-state index contributed by atoms with van der Waals surface area (Å²) in [6.45, 7) is 6.96. The summed E-state index contributed by atoms with van der Waals surface area (Å²) in [6, 6.07) is 0. The van der Waals surface area contributed by atoms with Crippen molar-refractivity contribution in [1.29, 1.82) is 0 Å². The molecule has 1 fully saturated rings. The first-order valence-corrected chi connectivity index (χ1v) is 4.42. The van der Waals surface area contributed by atoms with Gasteiger partial charge in [0.15, 0.2) is 0 Å². The maximum Gasteiger partial charge on any atom is 0.0616 e. The van der Waals surface area contributed by atoms with Gasteiger partial charge < -0.3 is 9.84 Å². The molecule has 0 spiro atoms. The normalized spacial score (nSPS) is 34.6. The first-order valence-electron chi connectivity index (χ1n) is 4.42. The fraction of sp³-hybridized carbons (Fsp3) is 1.00. The van der Waals surface area contributed by atoms with Crippen molar-refractivity contribution in [1.82, 2.24) is 0 Å². The van der Waals surface area contributed by atoms with Crippen LogP contribution in [0.1, 0.15) is 27.2 Å². The summed E-state index contributed by atoms with van der Waals surface area (Å²) in [6.07, 6.45) is 1.07. The largest absolute Gasteiger partial charge is 0.392 e. The molecule has 1 heterocycles. The van der Waals surface area contributed by atoms with Crippen molar-refractivity contribution in [3.05, 3.63) is 0 Å². The van der Waals surface area contributed by atoms with Gasteiger partial charge in [-0.2, -0.15) is 0 Å². The lowest BCUT2D eigenvalue weighted by Gasteiger charge is -2.23. The van der Waals surface area contributed by atoms with E-state index in [1.165, 1.54) is 0 Å². The maximum absolute atomic E-state index is 9.72. The smallest absolute Gasteiger partial charge is 0.0616 e. The van der Waals surface area contributed by atoms with E-state index in [1.54, 1.807) is 0 Å². The fourth-order valence-electron chi connectivity index (χ4n) is 1.69. The van der Waals surface area contributed by atoms with Crippen LogP contribution in [-0.2, 0) is 4.74 Å². The van der Waals surface area contributed by atoms with E-state index in [2.05, 4.69) is 13.8 Å². The van der Waals surface area contributed by atoms with Gasteiger partial charge in [-0.3, -0.25) is 0 Å². The molecule has 1 N–H and O–H groups in total. The van der Waals surface area contributed by atoms with Crippen LogP contribution in [0.5, 0.6) is 0 Å². The minimum Gasteiger partial charge on any atom is -0.392 e. The second kappa shape index (κ2) is 3.55. The number of aliphatic hydroxyl groups excluding tert-OH is 1. The number of hydrogen-bond donors (Lipinski definition) is 1. The second-order valence-electron chi connectivity index (χ2n) is 3.76. The molecule has 11 heavy (non-hydrogen) atoms. The standard InChI is InChI=1S/C9H18O2/c1-6(2)9(10)8-4-5-11-7(8)3/h6-10H,4-5H2,1-3H3. The van der Waals surface area contributed by atoms with Gasteiger partial charge in [0.2, 0.25) is 0 Å². The van der Waals surface area contributed by atoms with Crippen LogP contribution in [0.2, 0.25) is 0 Å². The molecule has 0 amide bonds. The lowest BCUT2D eigenvalue weighted by molar-refractivity contribution is 0.0198. The van der Waals surface area contributed by atoms with Gasteiger partial charge in [0, 0.05) is 12.5 Å². The van der Waals surface area contributed by atoms with Gasteiger partial charge in [0.05, 0.1) is 12.2 Å². The molecule has 0 bridgehead atoms. The van der Waals surface area contributed by atoms with Crippen LogP contribution in [0, 0.1) is 11.8 Å². The van der Waals surface area contributed by atoms with E-state index in [-0.39, 0.29) is 12.2 Å². The topological polar surface area (TPSA) is 29.5 Å². The quantitative estimate of drug-likeness (QED) is 0.658. The van der Waals surface area contributed by atoms with E-state index in [0.717, 1.165) is 13.0 Å². The summed E-state index contributed by atoms with van der Waals surface area (Å²) >= 11 is 0. The molecule has 0 aromatic carbocycles. The summed E-state index contributed by atoms with van der Waals surface area (Å²) in [7, 11) is 0. The van der Waals surface area contributed by atoms with Crippen molar-refractivity contribution in [3.63, 3.8) is 0 Å². The number of rotatable bonds is 2. The third-order valence-corrected chi connectivity index (χ3v) is 2.56. The van der Waals surface area contributed by atoms with Gasteiger partial charge in [-0.1, -0.05) is 13.8 Å². The minimum atomic E-state index is -0.188. The van der Waals surface area contributed by atoms with Crippen molar-refractivity contribution >= 4 is 0 Å². The highest BCUT2D eigenvalue weighted by atomic mass is 16.5. The van der Waals surface area contributed by atoms with Crippen molar-refractivity contribution in [2.75, 3.05) is 6.61 Å². The van der Waals surface area contributed by atoms with Crippen molar-refractivity contribution in [2.24, 2.45) is 11.8 Å². The molecular formula is C9H18O2. The molecule has 1 rings (SSSR count). The van der Waals surface area contributed by atoms with E-state index in [0.29, 0.717) is 11.8 Å². The molecule has 1 saturated heterocycles. The highest BCUT2D eigenvalue weighted by Crippen LogP contribution is 2.27. The van der Waals surface area contributed by atoms with Crippen molar-refractivity contribution in [3.8, 4) is 0 Å². The van der Waals surface area contributed by atoms with E-state index in [1.807, 2.05) is 6.92 Å². The number of ether oxygens (including phenoxy) is 1. The highest BCUT2D eigenvalue weighted by molar-refractivity contribution is 4.80. The van der Waals surface area contributed by atoms with Gasteiger partial charge >= 0.3 is 0 Å². The zero-order chi connectivity index (χ0) is 8.43. The van der Waals surface area contributed by atoms with Crippen LogP contribution in [0.3, 0.4) is 0 Å². The van der Waals surface area contributed by atoms with Gasteiger partial charge in [0.25, 0.3) is 0 Å². The summed E-state index contributed by atoms with van der Waals surface area (Å²) in [5.74, 6) is 0.708. The Kier molecular flexibility index (Phi) is 2.90. The average molecular weight is 158 g/mol. The Balaban J connectivity index is 2.45. The molecule has 0 aromatic rings. The Morgan fingerprint density at radius 2 is 2.09 bits per heavy atom. The van der Waals surface area contributed by atoms with Crippen LogP contribution in [0.15, 0.2) is 0 Å². The van der Waals surface area contributed by atoms with Crippen LogP contribution < -0.4 is 0 Å². The minimum absolute atomic E-state index is 0.188. The Labute approximate surface area is 68.6 Å². The number of hydrogen-bond acceptors (Lipinski definition) is 2. The molecular weight excluding hydrogens is 140 g/mol. The third-order valence-electron chi connectivity index (χ3n) is 2.56. The molecule has 0 saturated carbocycles. The van der Waals surface area contributed by atoms with Crippen molar-refractivity contribution < 1.29 is 9.84 Å². The van der Waals surface area contributed by atoms with Crippen LogP contribution >= 0.6 is 0 Å². The van der Waals surface area contributed by atoms with Gasteiger partial charge in [0.1, 0.15) is 0 Å². The van der Waals surface area contributed by atoms with Crippen molar-refractivity contribution in [2.45, 2.75) is 39.4 Å². The predicted molar refractivity (Wildman–Crippen MR) is 44.4 cm³/mol. The first-order chi connectivity index (χ1) is 5.13. The third kappa shape index (κ3) is 1.94. The number of aliphatic hydroxyl groups is 1. The van der Waals surface area contributed by atoms with Gasteiger partial charge in [-0.25, -0.2) is 0 Å². The molecule has 0 aliphatic carbocycles. The fourth-order valence-corrected chi connectivity index (χ4v) is 1.69. The van der Waals surface area contributed by atoms with Gasteiger partial charge in [-0.05, 0) is 19.3 Å². The van der Waals surface area contributed by atoms with E-state index < -0.39 is 0 Å². The monoisotopic (exact) mass is 158 g/mol. The highest BCUT2D eigenvalue weighted by Gasteiger charge is 2.31. The predicted octanol–water partition coefficient (Wildman–Crippen LogP) is 1.43. The summed E-state index contributed by atoms with van der Waals surface area (Å²) in [4.78, 5) is 0. The Bertz CT molecular complexity index is 123.